The standard InChI is InChI=1S/C13H17BrO3S/c1-3-13(17,4-2)8-18-11-7-9(14)5-6-10(11)12(15)16/h5-7,17H,3-4,8H2,1-2H3,(H,15,16). The molecule has 0 heterocycles. The van der Waals surface area contributed by atoms with Crippen molar-refractivity contribution in [2.75, 3.05) is 5.75 Å². The summed E-state index contributed by atoms with van der Waals surface area (Å²) in [4.78, 5) is 11.8. The van der Waals surface area contributed by atoms with Crippen LogP contribution < -0.4 is 0 Å². The molecule has 5 heteroatoms. The number of carboxylic acid groups (broad SMARTS) is 1. The average Bonchev–Trinajstić information content (AvgIpc) is 2.35. The van der Waals surface area contributed by atoms with Gasteiger partial charge in [0.2, 0.25) is 0 Å². The molecule has 0 saturated carbocycles. The van der Waals surface area contributed by atoms with Gasteiger partial charge in [0.05, 0.1) is 11.2 Å². The van der Waals surface area contributed by atoms with Gasteiger partial charge in [0.15, 0.2) is 0 Å². The number of thioether (sulfide) groups is 1. The van der Waals surface area contributed by atoms with Gasteiger partial charge in [-0.15, -0.1) is 11.8 Å². The van der Waals surface area contributed by atoms with Gasteiger partial charge in [0.1, 0.15) is 0 Å². The summed E-state index contributed by atoms with van der Waals surface area (Å²) < 4.78 is 0.839. The smallest absolute Gasteiger partial charge is 0.336 e. The van der Waals surface area contributed by atoms with Crippen molar-refractivity contribution in [1.82, 2.24) is 0 Å². The van der Waals surface area contributed by atoms with Crippen molar-refractivity contribution in [1.29, 1.82) is 0 Å². The van der Waals surface area contributed by atoms with Crippen LogP contribution in [0.1, 0.15) is 37.0 Å². The molecule has 0 unspecified atom stereocenters. The van der Waals surface area contributed by atoms with Crippen LogP contribution in [-0.4, -0.2) is 27.5 Å². The zero-order valence-electron chi connectivity index (χ0n) is 10.4. The molecular formula is C13H17BrO3S. The molecule has 1 aromatic rings. The van der Waals surface area contributed by atoms with Gasteiger partial charge in [0.25, 0.3) is 0 Å². The molecule has 1 rings (SSSR count). The first-order chi connectivity index (χ1) is 8.41. The molecular weight excluding hydrogens is 316 g/mol. The second-order valence-corrected chi connectivity index (χ2v) is 6.10. The van der Waals surface area contributed by atoms with Crippen molar-refractivity contribution < 1.29 is 15.0 Å². The molecule has 0 amide bonds. The maximum Gasteiger partial charge on any atom is 0.336 e. The minimum atomic E-state index is -0.943. The van der Waals surface area contributed by atoms with Crippen molar-refractivity contribution in [3.05, 3.63) is 28.2 Å². The number of halogens is 1. The number of aliphatic hydroxyl groups is 1. The number of rotatable bonds is 6. The summed E-state index contributed by atoms with van der Waals surface area (Å²) in [5, 5.41) is 19.3. The van der Waals surface area contributed by atoms with Gasteiger partial charge in [-0.1, -0.05) is 29.8 Å². The third-order valence-corrected chi connectivity index (χ3v) is 4.81. The lowest BCUT2D eigenvalue weighted by atomic mass is 10.0. The topological polar surface area (TPSA) is 57.5 Å². The number of carbonyl (C=O) groups is 1. The molecule has 18 heavy (non-hydrogen) atoms. The van der Waals surface area contributed by atoms with E-state index >= 15 is 0 Å². The Bertz CT molecular complexity index is 430. The Hall–Kier alpha value is -0.520. The van der Waals surface area contributed by atoms with E-state index in [0.29, 0.717) is 23.5 Å². The quantitative estimate of drug-likeness (QED) is 0.778. The molecule has 3 nitrogen and oxygen atoms in total. The van der Waals surface area contributed by atoms with Gasteiger partial charge in [-0.25, -0.2) is 4.79 Å². The molecule has 0 atom stereocenters. The Kier molecular flexibility index (Phi) is 5.69. The van der Waals surface area contributed by atoms with Crippen LogP contribution in [0.3, 0.4) is 0 Å². The van der Waals surface area contributed by atoms with E-state index < -0.39 is 11.6 Å². The van der Waals surface area contributed by atoms with Crippen molar-refractivity contribution in [2.45, 2.75) is 37.2 Å². The summed E-state index contributed by atoms with van der Waals surface area (Å²) in [6.07, 6.45) is 1.32. The van der Waals surface area contributed by atoms with Gasteiger partial charge >= 0.3 is 5.97 Å². The zero-order chi connectivity index (χ0) is 13.8. The van der Waals surface area contributed by atoms with E-state index in [1.807, 2.05) is 13.8 Å². The lowest BCUT2D eigenvalue weighted by Gasteiger charge is -2.24. The Morgan fingerprint density at radius 1 is 1.39 bits per heavy atom. The highest BCUT2D eigenvalue weighted by Crippen LogP contribution is 2.31. The Morgan fingerprint density at radius 2 is 2.00 bits per heavy atom. The van der Waals surface area contributed by atoms with Crippen LogP contribution in [0.2, 0.25) is 0 Å². The van der Waals surface area contributed by atoms with Crippen LogP contribution in [0.4, 0.5) is 0 Å². The highest BCUT2D eigenvalue weighted by molar-refractivity contribution is 9.10. The number of hydrogen-bond acceptors (Lipinski definition) is 3. The highest BCUT2D eigenvalue weighted by Gasteiger charge is 2.23. The molecule has 100 valence electrons. The molecule has 1 aromatic carbocycles. The third-order valence-electron chi connectivity index (χ3n) is 2.99. The Labute approximate surface area is 120 Å². The van der Waals surface area contributed by atoms with E-state index in [-0.39, 0.29) is 5.56 Å². The van der Waals surface area contributed by atoms with Gasteiger partial charge in [-0.2, -0.15) is 0 Å². The second-order valence-electron chi connectivity index (χ2n) is 4.17. The summed E-state index contributed by atoms with van der Waals surface area (Å²) in [5.74, 6) is -0.446. The first-order valence-electron chi connectivity index (χ1n) is 5.80. The molecule has 0 radical (unpaired) electrons. The third kappa shape index (κ3) is 4.00. The monoisotopic (exact) mass is 332 g/mol. The SMILES string of the molecule is CCC(O)(CC)CSc1cc(Br)ccc1C(=O)O. The molecule has 0 spiro atoms. The van der Waals surface area contributed by atoms with E-state index in [4.69, 9.17) is 5.11 Å². The van der Waals surface area contributed by atoms with E-state index in [0.717, 1.165) is 4.47 Å². The van der Waals surface area contributed by atoms with E-state index in [9.17, 15) is 9.90 Å². The number of aromatic carboxylic acids is 1. The normalized spacial score (nSPS) is 11.6. The van der Waals surface area contributed by atoms with Crippen molar-refractivity contribution in [3.8, 4) is 0 Å². The zero-order valence-corrected chi connectivity index (χ0v) is 12.8. The number of benzene rings is 1. The molecule has 0 aliphatic rings. The highest BCUT2D eigenvalue weighted by atomic mass is 79.9. The fraction of sp³-hybridized carbons (Fsp3) is 0.462. The molecule has 0 saturated heterocycles. The van der Waals surface area contributed by atoms with Crippen molar-refractivity contribution >= 4 is 33.7 Å². The lowest BCUT2D eigenvalue weighted by molar-refractivity contribution is 0.0570. The largest absolute Gasteiger partial charge is 0.478 e. The molecule has 0 aliphatic carbocycles. The van der Waals surface area contributed by atoms with Crippen LogP contribution in [-0.2, 0) is 0 Å². The summed E-state index contributed by atoms with van der Waals surface area (Å²) in [5.41, 5.74) is -0.458. The first kappa shape index (κ1) is 15.5. The molecule has 0 fully saturated rings. The fourth-order valence-electron chi connectivity index (χ4n) is 1.46. The van der Waals surface area contributed by atoms with E-state index in [1.165, 1.54) is 11.8 Å². The van der Waals surface area contributed by atoms with Gasteiger partial charge in [-0.05, 0) is 31.0 Å². The number of carboxylic acids is 1. The van der Waals surface area contributed by atoms with Gasteiger partial charge < -0.3 is 10.2 Å². The van der Waals surface area contributed by atoms with Crippen LogP contribution in [0, 0.1) is 0 Å². The maximum absolute atomic E-state index is 11.1. The maximum atomic E-state index is 11.1. The summed E-state index contributed by atoms with van der Waals surface area (Å²) in [6.45, 7) is 3.87. The predicted molar refractivity (Wildman–Crippen MR) is 77.4 cm³/mol. The van der Waals surface area contributed by atoms with Gasteiger partial charge in [-0.3, -0.25) is 0 Å². The minimum Gasteiger partial charge on any atom is -0.478 e. The molecule has 0 aromatic heterocycles. The molecule has 0 bridgehead atoms. The Balaban J connectivity index is 2.90. The van der Waals surface area contributed by atoms with Crippen LogP contribution >= 0.6 is 27.7 Å². The lowest BCUT2D eigenvalue weighted by Crippen LogP contribution is -2.29. The predicted octanol–water partition coefficient (Wildman–Crippen LogP) is 3.79. The minimum absolute atomic E-state index is 0.276. The summed E-state index contributed by atoms with van der Waals surface area (Å²) in [6, 6.07) is 5.06. The van der Waals surface area contributed by atoms with Gasteiger partial charge in [0, 0.05) is 15.1 Å². The summed E-state index contributed by atoms with van der Waals surface area (Å²) >= 11 is 4.72. The van der Waals surface area contributed by atoms with Crippen LogP contribution in [0.15, 0.2) is 27.6 Å². The van der Waals surface area contributed by atoms with Crippen LogP contribution in [0.5, 0.6) is 0 Å². The molecule has 0 aliphatic heterocycles. The second kappa shape index (κ2) is 6.59. The summed E-state index contributed by atoms with van der Waals surface area (Å²) in [7, 11) is 0. The van der Waals surface area contributed by atoms with Crippen molar-refractivity contribution in [3.63, 3.8) is 0 Å². The number of hydrogen-bond donors (Lipinski definition) is 2. The molecule has 2 N–H and O–H groups in total. The first-order valence-corrected chi connectivity index (χ1v) is 7.57. The van der Waals surface area contributed by atoms with Crippen LogP contribution in [0.25, 0.3) is 0 Å². The van der Waals surface area contributed by atoms with Crippen molar-refractivity contribution in [2.24, 2.45) is 0 Å². The average molecular weight is 333 g/mol. The van der Waals surface area contributed by atoms with E-state index in [2.05, 4.69) is 15.9 Å². The van der Waals surface area contributed by atoms with E-state index in [1.54, 1.807) is 18.2 Å². The Morgan fingerprint density at radius 3 is 2.50 bits per heavy atom. The fourth-order valence-corrected chi connectivity index (χ4v) is 3.32.